The number of allylic oxidation sites excluding steroid dienone is 8. The summed E-state index contributed by atoms with van der Waals surface area (Å²) in [6, 6.07) is 32.2. The van der Waals surface area contributed by atoms with E-state index in [1.165, 1.54) is 0 Å². The maximum Gasteiger partial charge on any atom is 0.154 e. The number of aryl methyl sites for hydroxylation is 2. The zero-order valence-electron chi connectivity index (χ0n) is 39.2. The predicted octanol–water partition coefficient (Wildman–Crippen LogP) is 9.50. The fourth-order valence-corrected chi connectivity index (χ4v) is 11.9. The lowest BCUT2D eigenvalue weighted by atomic mass is 9.49. The molecule has 66 heavy (non-hydrogen) atoms. The number of nitrogens with two attached hydrogens (primary N) is 2. The quantitative estimate of drug-likeness (QED) is 0.0418. The number of hydrogen-bond donors (Lipinski definition) is 6. The van der Waals surface area contributed by atoms with Gasteiger partial charge in [0.1, 0.15) is 11.4 Å². The SMILES string of the molecule is Cc1cccc(C2=CC(C3CCCNC3)C(CCN)(C(=O)C3(CCN)C=C(/C(=N/O)c4ccccc4)C(c4cccc(C)c4C)=CC3C3CCCNC3)C=C2/C(=N/O)c2ccccc2)c1C. The summed E-state index contributed by atoms with van der Waals surface area (Å²) in [5.74, 6) is -0.325. The van der Waals surface area contributed by atoms with Crippen molar-refractivity contribution in [2.45, 2.75) is 66.2 Å². The third-order valence-corrected chi connectivity index (χ3v) is 15.5. The van der Waals surface area contributed by atoms with Crippen LogP contribution in [0.15, 0.2) is 143 Å². The number of carbonyl (C=O) groups is 1. The lowest BCUT2D eigenvalue weighted by molar-refractivity contribution is -0.141. The van der Waals surface area contributed by atoms with Crippen LogP contribution in [-0.2, 0) is 4.79 Å². The molecule has 9 nitrogen and oxygen atoms in total. The Morgan fingerprint density at radius 1 is 0.606 bits per heavy atom. The monoisotopic (exact) mass is 885 g/mol. The first kappa shape index (κ1) is 46.8. The molecule has 2 saturated heterocycles. The van der Waals surface area contributed by atoms with E-state index >= 15 is 4.79 Å². The largest absolute Gasteiger partial charge is 0.410 e. The van der Waals surface area contributed by atoms with E-state index in [2.05, 4.69) is 109 Å². The summed E-state index contributed by atoms with van der Waals surface area (Å²) in [7, 11) is 0. The summed E-state index contributed by atoms with van der Waals surface area (Å²) in [4.78, 5) is 17.5. The third-order valence-electron chi connectivity index (χ3n) is 15.5. The van der Waals surface area contributed by atoms with Crippen molar-refractivity contribution in [1.29, 1.82) is 0 Å². The highest BCUT2D eigenvalue weighted by molar-refractivity contribution is 6.24. The van der Waals surface area contributed by atoms with Crippen LogP contribution >= 0.6 is 0 Å². The molecule has 4 aliphatic rings. The number of nitrogens with one attached hydrogen (secondary N) is 2. The highest BCUT2D eigenvalue weighted by Gasteiger charge is 2.59. The second-order valence-corrected chi connectivity index (χ2v) is 19.2. The molecule has 9 heteroatoms. The molecule has 8 N–H and O–H groups in total. The van der Waals surface area contributed by atoms with E-state index in [9.17, 15) is 10.4 Å². The number of carbonyl (C=O) groups excluding carboxylic acids is 1. The van der Waals surface area contributed by atoms with E-state index < -0.39 is 10.8 Å². The molecule has 2 heterocycles. The first-order chi connectivity index (χ1) is 32.1. The Morgan fingerprint density at radius 2 is 1.02 bits per heavy atom. The van der Waals surface area contributed by atoms with E-state index in [0.717, 1.165) is 108 Å². The van der Waals surface area contributed by atoms with Crippen molar-refractivity contribution in [3.8, 4) is 0 Å². The number of ketones is 1. The molecule has 6 unspecified atom stereocenters. The average Bonchev–Trinajstić information content (AvgIpc) is 3.35. The zero-order chi connectivity index (χ0) is 46.4. The summed E-state index contributed by atoms with van der Waals surface area (Å²) in [5, 5.41) is 38.0. The van der Waals surface area contributed by atoms with Gasteiger partial charge in [-0.25, -0.2) is 0 Å². The van der Waals surface area contributed by atoms with Crippen LogP contribution in [0.25, 0.3) is 11.1 Å². The van der Waals surface area contributed by atoms with Gasteiger partial charge in [-0.15, -0.1) is 0 Å². The van der Waals surface area contributed by atoms with E-state index in [1.807, 2.05) is 60.7 Å². The van der Waals surface area contributed by atoms with E-state index in [1.54, 1.807) is 0 Å². The van der Waals surface area contributed by atoms with E-state index in [-0.39, 0.29) is 42.5 Å². The van der Waals surface area contributed by atoms with Crippen LogP contribution in [-0.4, -0.2) is 66.9 Å². The van der Waals surface area contributed by atoms with Crippen LogP contribution in [0.5, 0.6) is 0 Å². The van der Waals surface area contributed by atoms with Crippen LogP contribution in [0.2, 0.25) is 0 Å². The number of piperidine rings is 2. The van der Waals surface area contributed by atoms with Crippen molar-refractivity contribution in [2.75, 3.05) is 39.3 Å². The molecule has 2 aliphatic carbocycles. The van der Waals surface area contributed by atoms with Gasteiger partial charge in [0.15, 0.2) is 5.78 Å². The first-order valence-corrected chi connectivity index (χ1v) is 24.1. The molecule has 6 atom stereocenters. The van der Waals surface area contributed by atoms with Crippen molar-refractivity contribution < 1.29 is 15.2 Å². The van der Waals surface area contributed by atoms with Gasteiger partial charge in [-0.1, -0.05) is 132 Å². The lowest BCUT2D eigenvalue weighted by Gasteiger charge is -2.52. The summed E-state index contributed by atoms with van der Waals surface area (Å²) in [6.45, 7) is 12.4. The van der Waals surface area contributed by atoms with Crippen LogP contribution in [0, 0.1) is 62.2 Å². The van der Waals surface area contributed by atoms with E-state index in [0.29, 0.717) is 35.4 Å². The van der Waals surface area contributed by atoms with Gasteiger partial charge in [-0.05, 0) is 174 Å². The number of rotatable bonds is 14. The number of Topliss-reactive ketones (excluding diaryl/α,β-unsaturated/α-hetero) is 1. The third kappa shape index (κ3) is 8.70. The molecule has 0 aromatic heterocycles. The van der Waals surface area contributed by atoms with Gasteiger partial charge in [0, 0.05) is 22.3 Å². The van der Waals surface area contributed by atoms with Gasteiger partial charge in [0.05, 0.1) is 10.8 Å². The number of hydrogen-bond acceptors (Lipinski definition) is 9. The molecule has 0 radical (unpaired) electrons. The summed E-state index contributed by atoms with van der Waals surface area (Å²) in [6.07, 6.45) is 13.6. The number of benzene rings is 4. The van der Waals surface area contributed by atoms with Gasteiger partial charge in [0.25, 0.3) is 0 Å². The fraction of sp³-hybridized carbons (Fsp3) is 0.386. The van der Waals surface area contributed by atoms with Gasteiger partial charge in [-0.3, -0.25) is 4.79 Å². The van der Waals surface area contributed by atoms with E-state index in [4.69, 9.17) is 11.5 Å². The van der Waals surface area contributed by atoms with Gasteiger partial charge < -0.3 is 32.5 Å². The summed E-state index contributed by atoms with van der Waals surface area (Å²) in [5.41, 5.74) is 23.5. The first-order valence-electron chi connectivity index (χ1n) is 24.1. The van der Waals surface area contributed by atoms with Gasteiger partial charge >= 0.3 is 0 Å². The maximum atomic E-state index is 17.5. The molecule has 8 rings (SSSR count). The standard InChI is InChI=1S/C57H68N6O3/c1-37-15-11-23-45(39(37)3)47-31-51(43-21-13-29-60-35-43)56(25-27-58,33-49(47)53(62-65)41-17-7-5-8-18-41)55(64)57(26-28-59)34-50(54(63-66)42-19-9-6-10-20-42)48(46-24-12-16-38(2)40(46)4)32-52(57)44-22-14-30-61-36-44/h5-12,15-20,23-24,31-34,43-44,51-52,60-61,65-66H,13-14,21-22,25-30,35-36,58-59H2,1-4H3/b62-53+,63-54+. The zero-order valence-corrected chi connectivity index (χ0v) is 39.2. The highest BCUT2D eigenvalue weighted by atomic mass is 16.4. The Labute approximate surface area is 391 Å². The molecule has 4 aromatic carbocycles. The molecular formula is C57H68N6O3. The van der Waals surface area contributed by atoms with Crippen LogP contribution in [0.3, 0.4) is 0 Å². The smallest absolute Gasteiger partial charge is 0.154 e. The second-order valence-electron chi connectivity index (χ2n) is 19.2. The molecular weight excluding hydrogens is 817 g/mol. The molecule has 0 spiro atoms. The van der Waals surface area contributed by atoms with Crippen molar-refractivity contribution in [3.63, 3.8) is 0 Å². The normalized spacial score (nSPS) is 26.2. The van der Waals surface area contributed by atoms with Crippen LogP contribution < -0.4 is 22.1 Å². The molecule has 4 aromatic rings. The maximum absolute atomic E-state index is 17.5. The van der Waals surface area contributed by atoms with Crippen molar-refractivity contribution in [2.24, 2.45) is 56.3 Å². The van der Waals surface area contributed by atoms with Gasteiger partial charge in [-0.2, -0.15) is 0 Å². The van der Waals surface area contributed by atoms with Crippen molar-refractivity contribution in [3.05, 3.63) is 177 Å². The number of oxime groups is 2. The second kappa shape index (κ2) is 20.4. The van der Waals surface area contributed by atoms with Crippen LogP contribution in [0.1, 0.15) is 83.0 Å². The fourth-order valence-electron chi connectivity index (χ4n) is 11.9. The Hall–Kier alpha value is -5.71. The number of nitrogens with zero attached hydrogens (tertiary/aromatic N) is 2. The topological polar surface area (TPSA) is 158 Å². The minimum atomic E-state index is -1.18. The molecule has 0 saturated carbocycles. The molecule has 344 valence electrons. The van der Waals surface area contributed by atoms with Gasteiger partial charge in [0.2, 0.25) is 0 Å². The van der Waals surface area contributed by atoms with Crippen LogP contribution in [0.4, 0.5) is 0 Å². The summed E-state index contributed by atoms with van der Waals surface area (Å²) < 4.78 is 0. The van der Waals surface area contributed by atoms with Crippen molar-refractivity contribution in [1.82, 2.24) is 10.6 Å². The van der Waals surface area contributed by atoms with Crippen molar-refractivity contribution >= 4 is 28.4 Å². The minimum Gasteiger partial charge on any atom is -0.410 e. The Bertz CT molecular complexity index is 2400. The molecule has 0 bridgehead atoms. The molecule has 2 aliphatic heterocycles. The molecule has 2 fully saturated rings. The lowest BCUT2D eigenvalue weighted by Crippen LogP contribution is -2.56. The average molecular weight is 885 g/mol. The Balaban J connectivity index is 1.47. The molecule has 0 amide bonds. The Morgan fingerprint density at radius 3 is 1.36 bits per heavy atom. The summed E-state index contributed by atoms with van der Waals surface area (Å²) >= 11 is 0. The predicted molar refractivity (Wildman–Crippen MR) is 269 cm³/mol. The minimum absolute atomic E-state index is 0.0512. The Kier molecular flexibility index (Phi) is 14.5. The highest BCUT2D eigenvalue weighted by Crippen LogP contribution is 2.58.